The number of nitrogens with zero attached hydrogens (tertiary/aromatic N) is 5. The summed E-state index contributed by atoms with van der Waals surface area (Å²) in [5, 5.41) is 20.0. The topological polar surface area (TPSA) is 106 Å². The fraction of sp³-hybridized carbons (Fsp3) is 0.136. The van der Waals surface area contributed by atoms with Gasteiger partial charge in [-0.3, -0.25) is 4.79 Å². The zero-order valence-electron chi connectivity index (χ0n) is 16.7. The minimum atomic E-state index is -0.581. The average Bonchev–Trinajstić information content (AvgIpc) is 2.80. The van der Waals surface area contributed by atoms with Crippen LogP contribution in [0.15, 0.2) is 72.0 Å². The van der Waals surface area contributed by atoms with Gasteiger partial charge in [-0.2, -0.15) is 10.2 Å². The Morgan fingerprint density at radius 1 is 1.12 bits per heavy atom. The third-order valence-corrected chi connectivity index (χ3v) is 5.11. The molecule has 4 rings (SSSR count). The van der Waals surface area contributed by atoms with E-state index in [1.165, 1.54) is 29.0 Å². The van der Waals surface area contributed by atoms with Gasteiger partial charge in [0.1, 0.15) is 5.82 Å². The molecule has 0 spiro atoms. The maximum Gasteiger partial charge on any atom is 0.251 e. The highest BCUT2D eigenvalue weighted by molar-refractivity contribution is 6.30. The summed E-state index contributed by atoms with van der Waals surface area (Å²) in [6.45, 7) is -0.173. The van der Waals surface area contributed by atoms with Gasteiger partial charge in [-0.05, 0) is 42.3 Å². The number of aliphatic hydroxyl groups excluding tert-OH is 1. The van der Waals surface area contributed by atoms with Gasteiger partial charge < -0.3 is 15.0 Å². The fourth-order valence-corrected chi connectivity index (χ4v) is 3.41. The molecule has 3 heterocycles. The second-order valence-corrected chi connectivity index (χ2v) is 7.29. The molecular formula is C22H18ClFN6O2. The lowest BCUT2D eigenvalue weighted by Gasteiger charge is -2.20. The van der Waals surface area contributed by atoms with Gasteiger partial charge in [0.15, 0.2) is 0 Å². The molecule has 0 aliphatic heterocycles. The second kappa shape index (κ2) is 9.63. The minimum absolute atomic E-state index is 0.00471. The van der Waals surface area contributed by atoms with Crippen molar-refractivity contribution < 1.29 is 9.50 Å². The van der Waals surface area contributed by atoms with Crippen molar-refractivity contribution in [3.05, 3.63) is 94.0 Å². The monoisotopic (exact) mass is 452 g/mol. The molecule has 162 valence electrons. The number of hydrogen-bond donors (Lipinski definition) is 2. The quantitative estimate of drug-likeness (QED) is 0.441. The second-order valence-electron chi connectivity index (χ2n) is 6.88. The van der Waals surface area contributed by atoms with Crippen LogP contribution in [-0.4, -0.2) is 36.4 Å². The van der Waals surface area contributed by atoms with E-state index in [4.69, 9.17) is 11.6 Å². The van der Waals surface area contributed by atoms with Gasteiger partial charge in [-0.25, -0.2) is 14.4 Å². The Kier molecular flexibility index (Phi) is 6.48. The van der Waals surface area contributed by atoms with E-state index in [0.717, 1.165) is 0 Å². The van der Waals surface area contributed by atoms with Crippen molar-refractivity contribution in [1.82, 2.24) is 24.7 Å². The third kappa shape index (κ3) is 4.79. The van der Waals surface area contributed by atoms with Gasteiger partial charge >= 0.3 is 0 Å². The van der Waals surface area contributed by atoms with Gasteiger partial charge in [0, 0.05) is 30.6 Å². The van der Waals surface area contributed by atoms with E-state index in [2.05, 4.69) is 25.5 Å². The van der Waals surface area contributed by atoms with Gasteiger partial charge in [-0.15, -0.1) is 0 Å². The lowest BCUT2D eigenvalue weighted by atomic mass is 10.0. The van der Waals surface area contributed by atoms with Gasteiger partial charge in [0.2, 0.25) is 5.95 Å². The van der Waals surface area contributed by atoms with Crippen molar-refractivity contribution in [2.75, 3.05) is 11.9 Å². The summed E-state index contributed by atoms with van der Waals surface area (Å²) in [6, 6.07) is 10.4. The Bertz CT molecular complexity index is 1280. The Labute approximate surface area is 187 Å². The van der Waals surface area contributed by atoms with Gasteiger partial charge in [-0.1, -0.05) is 17.7 Å². The molecule has 1 aromatic carbocycles. The lowest BCUT2D eigenvalue weighted by Crippen LogP contribution is -2.25. The summed E-state index contributed by atoms with van der Waals surface area (Å²) >= 11 is 5.78. The van der Waals surface area contributed by atoms with Crippen LogP contribution in [0.25, 0.3) is 11.3 Å². The Balaban J connectivity index is 1.64. The van der Waals surface area contributed by atoms with Gasteiger partial charge in [0.25, 0.3) is 5.56 Å². The molecule has 0 fully saturated rings. The summed E-state index contributed by atoms with van der Waals surface area (Å²) in [6.07, 6.45) is 6.50. The first-order valence-corrected chi connectivity index (χ1v) is 10.1. The summed E-state index contributed by atoms with van der Waals surface area (Å²) in [5.41, 5.74) is 2.03. The SMILES string of the molecule is O=c1cc(-c2ccnc(Nc3ccnnc3)n2)ccn1[C@H](CCO)c1ccc(Cl)c(F)c1. The van der Waals surface area contributed by atoms with E-state index in [9.17, 15) is 14.3 Å². The molecule has 0 unspecified atom stereocenters. The Hall–Kier alpha value is -3.69. The molecule has 0 aliphatic rings. The first-order valence-electron chi connectivity index (χ1n) is 9.70. The molecule has 0 saturated heterocycles. The van der Waals surface area contributed by atoms with Crippen LogP contribution >= 0.6 is 11.6 Å². The lowest BCUT2D eigenvalue weighted by molar-refractivity contribution is 0.266. The largest absolute Gasteiger partial charge is 0.396 e. The number of aliphatic hydroxyl groups is 1. The molecular weight excluding hydrogens is 435 g/mol. The van der Waals surface area contributed by atoms with Crippen molar-refractivity contribution in [2.24, 2.45) is 0 Å². The number of rotatable bonds is 7. The van der Waals surface area contributed by atoms with Crippen molar-refractivity contribution in [2.45, 2.75) is 12.5 Å². The molecule has 2 N–H and O–H groups in total. The average molecular weight is 453 g/mol. The smallest absolute Gasteiger partial charge is 0.251 e. The summed E-state index contributed by atoms with van der Waals surface area (Å²) in [7, 11) is 0. The Morgan fingerprint density at radius 2 is 2.00 bits per heavy atom. The standard InChI is InChI=1S/C22H18ClFN6O2/c23-17-2-1-15(11-18(17)24)20(6-10-31)30-9-5-14(12-21(30)32)19-4-7-25-22(29-19)28-16-3-8-26-27-13-16/h1-5,7-9,11-13,20,31H,6,10H2,(H,25,26,28,29)/t20-/m1/s1. The number of benzene rings is 1. The highest BCUT2D eigenvalue weighted by Gasteiger charge is 2.17. The van der Waals surface area contributed by atoms with Crippen LogP contribution < -0.4 is 10.9 Å². The fourth-order valence-electron chi connectivity index (χ4n) is 3.29. The van der Waals surface area contributed by atoms with E-state index in [1.807, 2.05) is 0 Å². The van der Waals surface area contributed by atoms with Gasteiger partial charge in [0.05, 0.1) is 34.8 Å². The van der Waals surface area contributed by atoms with Crippen molar-refractivity contribution in [3.63, 3.8) is 0 Å². The predicted molar refractivity (Wildman–Crippen MR) is 118 cm³/mol. The molecule has 0 amide bonds. The third-order valence-electron chi connectivity index (χ3n) is 4.81. The molecule has 4 aromatic rings. The summed E-state index contributed by atoms with van der Waals surface area (Å²) < 4.78 is 15.4. The van der Waals surface area contributed by atoms with Crippen LogP contribution in [0.3, 0.4) is 0 Å². The number of pyridine rings is 1. The normalized spacial score (nSPS) is 11.8. The van der Waals surface area contributed by atoms with Crippen LogP contribution in [0.2, 0.25) is 5.02 Å². The number of halogens is 2. The molecule has 0 bridgehead atoms. The first kappa shape index (κ1) is 21.5. The van der Waals surface area contributed by atoms with E-state index >= 15 is 0 Å². The van der Waals surface area contributed by atoms with E-state index in [-0.39, 0.29) is 23.6 Å². The Morgan fingerprint density at radius 3 is 2.72 bits per heavy atom. The molecule has 32 heavy (non-hydrogen) atoms. The van der Waals surface area contributed by atoms with Crippen LogP contribution in [-0.2, 0) is 0 Å². The zero-order chi connectivity index (χ0) is 22.5. The maximum absolute atomic E-state index is 14.0. The highest BCUT2D eigenvalue weighted by atomic mass is 35.5. The van der Waals surface area contributed by atoms with Crippen LogP contribution in [0.1, 0.15) is 18.0 Å². The molecule has 0 aliphatic carbocycles. The predicted octanol–water partition coefficient (Wildman–Crippen LogP) is 3.60. The zero-order valence-corrected chi connectivity index (χ0v) is 17.4. The van der Waals surface area contributed by atoms with Crippen molar-refractivity contribution in [1.29, 1.82) is 0 Å². The van der Waals surface area contributed by atoms with Crippen LogP contribution in [0.4, 0.5) is 16.0 Å². The molecule has 0 radical (unpaired) electrons. The van der Waals surface area contributed by atoms with E-state index in [1.54, 1.807) is 42.9 Å². The van der Waals surface area contributed by atoms with Crippen molar-refractivity contribution in [3.8, 4) is 11.3 Å². The summed E-state index contributed by atoms with van der Waals surface area (Å²) in [4.78, 5) is 21.5. The molecule has 1 atom stereocenters. The summed E-state index contributed by atoms with van der Waals surface area (Å²) in [5.74, 6) is -0.239. The van der Waals surface area contributed by atoms with Crippen LogP contribution in [0.5, 0.6) is 0 Å². The van der Waals surface area contributed by atoms with E-state index < -0.39 is 11.9 Å². The number of anilines is 2. The maximum atomic E-state index is 14.0. The molecule has 8 nitrogen and oxygen atoms in total. The van der Waals surface area contributed by atoms with Crippen molar-refractivity contribution >= 4 is 23.2 Å². The number of hydrogen-bond acceptors (Lipinski definition) is 7. The van der Waals surface area contributed by atoms with E-state index in [0.29, 0.717) is 28.5 Å². The molecule has 3 aromatic heterocycles. The number of aromatic nitrogens is 5. The minimum Gasteiger partial charge on any atom is -0.396 e. The number of nitrogens with one attached hydrogen (secondary N) is 1. The van der Waals surface area contributed by atoms with Crippen LogP contribution in [0, 0.1) is 5.82 Å². The molecule has 0 saturated carbocycles. The first-order chi connectivity index (χ1) is 15.5. The molecule has 10 heteroatoms. The highest BCUT2D eigenvalue weighted by Crippen LogP contribution is 2.26.